The van der Waals surface area contributed by atoms with Crippen LogP contribution in [0.5, 0.6) is 5.75 Å². The quantitative estimate of drug-likeness (QED) is 0.765. The number of fused-ring (bicyclic) bond motifs is 1. The fourth-order valence-corrected chi connectivity index (χ4v) is 3.63. The number of morpholine rings is 1. The van der Waals surface area contributed by atoms with E-state index >= 15 is 0 Å². The van der Waals surface area contributed by atoms with Crippen LogP contribution in [-0.2, 0) is 16.0 Å². The maximum absolute atomic E-state index is 5.96. The minimum Gasteiger partial charge on any atom is -0.488 e. The highest BCUT2D eigenvalue weighted by atomic mass is 16.5. The third-order valence-electron chi connectivity index (χ3n) is 4.94. The van der Waals surface area contributed by atoms with Gasteiger partial charge in [0, 0.05) is 31.8 Å². The van der Waals surface area contributed by atoms with Crippen LogP contribution >= 0.6 is 0 Å². The van der Waals surface area contributed by atoms with Gasteiger partial charge in [0.25, 0.3) is 0 Å². The smallest absolute Gasteiger partial charge is 0.132 e. The molecule has 2 aromatic rings. The maximum Gasteiger partial charge on any atom is 0.132 e. The van der Waals surface area contributed by atoms with Crippen molar-refractivity contribution in [3.63, 3.8) is 0 Å². The van der Waals surface area contributed by atoms with Crippen LogP contribution in [0.1, 0.15) is 30.7 Å². The summed E-state index contributed by atoms with van der Waals surface area (Å²) in [4.78, 5) is 15.9. The van der Waals surface area contributed by atoms with Crippen LogP contribution in [-0.4, -0.2) is 61.3 Å². The molecule has 3 heterocycles. The Hall–Kier alpha value is -2.51. The molecule has 2 aliphatic heterocycles. The maximum atomic E-state index is 5.96. The number of hydrogen-bond acceptors (Lipinski definition) is 7. The summed E-state index contributed by atoms with van der Waals surface area (Å²) in [6.07, 6.45) is 1.80. The minimum atomic E-state index is -0.0150. The lowest BCUT2D eigenvalue weighted by atomic mass is 10.0. The van der Waals surface area contributed by atoms with Crippen molar-refractivity contribution in [2.75, 3.05) is 38.3 Å². The molecule has 7 heteroatoms. The van der Waals surface area contributed by atoms with Gasteiger partial charge in [-0.05, 0) is 31.5 Å². The largest absolute Gasteiger partial charge is 0.488 e. The van der Waals surface area contributed by atoms with Gasteiger partial charge < -0.3 is 19.1 Å². The standard InChI is InChI=1S/C21H26N4O3/c1-14-11-25(6-7-27-14)20-9-19(23-13-24-20)21-18-8-17(28-15(2)12-26-3)5-4-16(18)10-22-21/h4-5,8-9,13-15H,6-7,10-12H2,1-3H3/t14-,15+/m1/s1. The van der Waals surface area contributed by atoms with E-state index in [-0.39, 0.29) is 12.2 Å². The molecule has 1 fully saturated rings. The lowest BCUT2D eigenvalue weighted by Crippen LogP contribution is -2.41. The lowest BCUT2D eigenvalue weighted by molar-refractivity contribution is 0.0529. The van der Waals surface area contributed by atoms with Crippen LogP contribution in [0, 0.1) is 0 Å². The topological polar surface area (TPSA) is 69.1 Å². The van der Waals surface area contributed by atoms with E-state index in [0.717, 1.165) is 41.6 Å². The zero-order valence-electron chi connectivity index (χ0n) is 16.6. The van der Waals surface area contributed by atoms with E-state index < -0.39 is 0 Å². The van der Waals surface area contributed by atoms with Crippen LogP contribution in [0.2, 0.25) is 0 Å². The van der Waals surface area contributed by atoms with Gasteiger partial charge in [0.05, 0.1) is 37.3 Å². The van der Waals surface area contributed by atoms with Crippen molar-refractivity contribution in [3.8, 4) is 5.75 Å². The van der Waals surface area contributed by atoms with E-state index in [1.807, 2.05) is 25.1 Å². The number of rotatable bonds is 6. The highest BCUT2D eigenvalue weighted by Crippen LogP contribution is 2.28. The number of methoxy groups -OCH3 is 1. The van der Waals surface area contributed by atoms with Crippen molar-refractivity contribution in [3.05, 3.63) is 47.4 Å². The minimum absolute atomic E-state index is 0.0150. The number of anilines is 1. The lowest BCUT2D eigenvalue weighted by Gasteiger charge is -2.32. The molecule has 0 bridgehead atoms. The van der Waals surface area contributed by atoms with Gasteiger partial charge in [-0.15, -0.1) is 0 Å². The molecule has 0 unspecified atom stereocenters. The van der Waals surface area contributed by atoms with E-state index in [1.165, 1.54) is 5.56 Å². The second kappa shape index (κ2) is 8.24. The molecule has 0 saturated carbocycles. The van der Waals surface area contributed by atoms with Crippen molar-refractivity contribution < 1.29 is 14.2 Å². The number of benzene rings is 1. The molecule has 1 aromatic carbocycles. The molecule has 2 aliphatic rings. The summed E-state index contributed by atoms with van der Waals surface area (Å²) in [5.74, 6) is 1.73. The number of aromatic nitrogens is 2. The van der Waals surface area contributed by atoms with Gasteiger partial charge in [-0.2, -0.15) is 0 Å². The van der Waals surface area contributed by atoms with Crippen LogP contribution in [0.4, 0.5) is 5.82 Å². The van der Waals surface area contributed by atoms with E-state index in [2.05, 4.69) is 27.9 Å². The zero-order chi connectivity index (χ0) is 19.5. The Bertz CT molecular complexity index is 870. The van der Waals surface area contributed by atoms with E-state index in [0.29, 0.717) is 19.8 Å². The Morgan fingerprint density at radius 3 is 3.00 bits per heavy atom. The first-order valence-electron chi connectivity index (χ1n) is 9.66. The first kappa shape index (κ1) is 18.8. The summed E-state index contributed by atoms with van der Waals surface area (Å²) in [6, 6.07) is 8.13. The SMILES string of the molecule is COC[C@H](C)Oc1ccc2c(c1)C(c1cc(N3CCO[C@H](C)C3)ncn1)=NC2. The van der Waals surface area contributed by atoms with Crippen LogP contribution < -0.4 is 9.64 Å². The Balaban J connectivity index is 1.58. The molecule has 28 heavy (non-hydrogen) atoms. The number of ether oxygens (including phenoxy) is 3. The normalized spacial score (nSPS) is 19.9. The van der Waals surface area contributed by atoms with E-state index in [4.69, 9.17) is 19.2 Å². The van der Waals surface area contributed by atoms with Crippen molar-refractivity contribution >= 4 is 11.5 Å². The molecule has 7 nitrogen and oxygen atoms in total. The predicted octanol–water partition coefficient (Wildman–Crippen LogP) is 2.47. The summed E-state index contributed by atoms with van der Waals surface area (Å²) >= 11 is 0. The van der Waals surface area contributed by atoms with Gasteiger partial charge in [-0.3, -0.25) is 4.99 Å². The molecule has 2 atom stereocenters. The summed E-state index contributed by atoms with van der Waals surface area (Å²) in [5.41, 5.74) is 3.99. The summed E-state index contributed by atoms with van der Waals surface area (Å²) in [7, 11) is 1.68. The monoisotopic (exact) mass is 382 g/mol. The summed E-state index contributed by atoms with van der Waals surface area (Å²) in [6.45, 7) is 7.65. The molecule has 4 rings (SSSR count). The van der Waals surface area contributed by atoms with Gasteiger partial charge in [-0.25, -0.2) is 9.97 Å². The molecule has 0 radical (unpaired) electrons. The van der Waals surface area contributed by atoms with Gasteiger partial charge >= 0.3 is 0 Å². The molecule has 0 aliphatic carbocycles. The van der Waals surface area contributed by atoms with Crippen LogP contribution in [0.15, 0.2) is 35.6 Å². The van der Waals surface area contributed by atoms with Crippen molar-refractivity contribution in [2.45, 2.75) is 32.6 Å². The van der Waals surface area contributed by atoms with Crippen molar-refractivity contribution in [2.24, 2.45) is 4.99 Å². The molecule has 1 aromatic heterocycles. The second-order valence-electron chi connectivity index (χ2n) is 7.26. The first-order chi connectivity index (χ1) is 13.6. The van der Waals surface area contributed by atoms with Crippen molar-refractivity contribution in [1.29, 1.82) is 0 Å². The average molecular weight is 382 g/mol. The molecule has 0 amide bonds. The Morgan fingerprint density at radius 2 is 2.18 bits per heavy atom. The molecule has 1 saturated heterocycles. The first-order valence-corrected chi connectivity index (χ1v) is 9.66. The third kappa shape index (κ3) is 4.00. The molecular weight excluding hydrogens is 356 g/mol. The molecule has 148 valence electrons. The summed E-state index contributed by atoms with van der Waals surface area (Å²) < 4.78 is 16.8. The van der Waals surface area contributed by atoms with Crippen LogP contribution in [0.25, 0.3) is 0 Å². The Kier molecular flexibility index (Phi) is 5.54. The number of hydrogen-bond donors (Lipinski definition) is 0. The number of nitrogens with zero attached hydrogens (tertiary/aromatic N) is 4. The van der Waals surface area contributed by atoms with E-state index in [1.54, 1.807) is 13.4 Å². The Morgan fingerprint density at radius 1 is 1.29 bits per heavy atom. The van der Waals surface area contributed by atoms with Crippen molar-refractivity contribution in [1.82, 2.24) is 9.97 Å². The fraction of sp³-hybridized carbons (Fsp3) is 0.476. The third-order valence-corrected chi connectivity index (χ3v) is 4.94. The zero-order valence-corrected chi connectivity index (χ0v) is 16.6. The Labute approximate surface area is 165 Å². The summed E-state index contributed by atoms with van der Waals surface area (Å²) in [5, 5.41) is 0. The van der Waals surface area contributed by atoms with Gasteiger partial charge in [-0.1, -0.05) is 6.07 Å². The second-order valence-corrected chi connectivity index (χ2v) is 7.26. The van der Waals surface area contributed by atoms with Gasteiger partial charge in [0.2, 0.25) is 0 Å². The predicted molar refractivity (Wildman–Crippen MR) is 107 cm³/mol. The van der Waals surface area contributed by atoms with Gasteiger partial charge in [0.15, 0.2) is 0 Å². The molecule has 0 spiro atoms. The van der Waals surface area contributed by atoms with Gasteiger partial charge in [0.1, 0.15) is 24.0 Å². The molecular formula is C21H26N4O3. The van der Waals surface area contributed by atoms with E-state index in [9.17, 15) is 0 Å². The van der Waals surface area contributed by atoms with Crippen LogP contribution in [0.3, 0.4) is 0 Å². The fourth-order valence-electron chi connectivity index (χ4n) is 3.63. The highest BCUT2D eigenvalue weighted by molar-refractivity contribution is 6.14. The highest BCUT2D eigenvalue weighted by Gasteiger charge is 2.23. The number of aliphatic imine (C=N–C) groups is 1. The molecule has 0 N–H and O–H groups in total. The average Bonchev–Trinajstić information content (AvgIpc) is 3.11.